The molecule has 0 aliphatic carbocycles. The van der Waals surface area contributed by atoms with Crippen LogP contribution in [0.4, 0.5) is 11.4 Å². The van der Waals surface area contributed by atoms with Crippen molar-refractivity contribution in [2.75, 3.05) is 12.3 Å². The number of non-ortho nitro benzene ring substituents is 1. The molecule has 1 saturated heterocycles. The molecule has 150 valence electrons. The first kappa shape index (κ1) is 21.7. The summed E-state index contributed by atoms with van der Waals surface area (Å²) < 4.78 is 6.21. The van der Waals surface area contributed by atoms with E-state index in [9.17, 15) is 10.1 Å². The molecule has 0 saturated carbocycles. The molecule has 0 amide bonds. The molecule has 1 aromatic rings. The summed E-state index contributed by atoms with van der Waals surface area (Å²) >= 11 is 1.73. The van der Waals surface area contributed by atoms with Crippen molar-refractivity contribution in [2.24, 2.45) is 10.9 Å². The van der Waals surface area contributed by atoms with Crippen molar-refractivity contribution in [3.8, 4) is 0 Å². The van der Waals surface area contributed by atoms with Gasteiger partial charge in [-0.1, -0.05) is 25.6 Å². The minimum Gasteiger partial charge on any atom is -0.371 e. The van der Waals surface area contributed by atoms with E-state index in [-0.39, 0.29) is 28.4 Å². The van der Waals surface area contributed by atoms with E-state index in [0.717, 1.165) is 28.7 Å². The van der Waals surface area contributed by atoms with E-state index in [0.29, 0.717) is 5.92 Å². The predicted octanol–water partition coefficient (Wildman–Crippen LogP) is 5.17. The number of hydrogen-bond donors (Lipinski definition) is 0. The Morgan fingerprint density at radius 1 is 1.37 bits per heavy atom. The zero-order valence-electron chi connectivity index (χ0n) is 17.4. The fraction of sp³-hybridized carbons (Fsp3) is 0.650. The number of amidine groups is 1. The third kappa shape index (κ3) is 5.94. The Morgan fingerprint density at radius 3 is 2.56 bits per heavy atom. The monoisotopic (exact) mass is 393 g/mol. The van der Waals surface area contributed by atoms with Gasteiger partial charge in [0.25, 0.3) is 5.69 Å². The van der Waals surface area contributed by atoms with Gasteiger partial charge in [0.15, 0.2) is 5.17 Å². The zero-order chi connectivity index (χ0) is 20.4. The number of thioether (sulfide) groups is 1. The highest BCUT2D eigenvalue weighted by Crippen LogP contribution is 2.33. The average Bonchev–Trinajstić information content (AvgIpc) is 2.89. The highest BCUT2D eigenvalue weighted by Gasteiger charge is 2.36. The van der Waals surface area contributed by atoms with Crippen LogP contribution in [0.2, 0.25) is 0 Å². The van der Waals surface area contributed by atoms with Gasteiger partial charge in [-0.25, -0.2) is 4.99 Å². The first-order valence-electron chi connectivity index (χ1n) is 9.39. The molecule has 1 aromatic carbocycles. The second kappa shape index (κ2) is 8.61. The summed E-state index contributed by atoms with van der Waals surface area (Å²) in [5.74, 6) is 1.42. The van der Waals surface area contributed by atoms with Crippen molar-refractivity contribution in [3.05, 3.63) is 33.9 Å². The number of aliphatic imine (C=N–C) groups is 1. The van der Waals surface area contributed by atoms with Crippen LogP contribution in [0, 0.1) is 23.0 Å². The van der Waals surface area contributed by atoms with Crippen LogP contribution < -0.4 is 0 Å². The summed E-state index contributed by atoms with van der Waals surface area (Å²) in [6.07, 6.45) is 0.0851. The summed E-state index contributed by atoms with van der Waals surface area (Å²) in [5.41, 5.74) is 1.49. The number of nitro groups is 1. The molecule has 0 N–H and O–H groups in total. The lowest BCUT2D eigenvalue weighted by Gasteiger charge is -2.35. The van der Waals surface area contributed by atoms with E-state index in [4.69, 9.17) is 9.73 Å². The van der Waals surface area contributed by atoms with Gasteiger partial charge in [-0.15, -0.1) is 0 Å². The highest BCUT2D eigenvalue weighted by molar-refractivity contribution is 8.14. The zero-order valence-corrected chi connectivity index (χ0v) is 18.2. The lowest BCUT2D eigenvalue weighted by molar-refractivity contribution is -0.384. The van der Waals surface area contributed by atoms with Gasteiger partial charge in [0, 0.05) is 24.4 Å². The quantitative estimate of drug-likeness (QED) is 0.493. The molecule has 0 spiro atoms. The maximum absolute atomic E-state index is 11.0. The molecular formula is C20H31N3O3S. The molecule has 0 bridgehead atoms. The normalized spacial score (nSPS) is 20.5. The smallest absolute Gasteiger partial charge is 0.269 e. The standard InChI is InChI=1S/C20H31N3O3S/c1-13(2)11-22-18(15(4)26-20(5,6)7)12-27-19(22)21-17-9-8-16(23(24)25)10-14(17)3/h8-10,13,15,18H,11-12H2,1-7H3. The number of ether oxygens (including phenoxy) is 1. The summed E-state index contributed by atoms with van der Waals surface area (Å²) in [5, 5.41) is 11.9. The maximum atomic E-state index is 11.0. The largest absolute Gasteiger partial charge is 0.371 e. The number of rotatable bonds is 6. The van der Waals surface area contributed by atoms with E-state index in [1.165, 1.54) is 6.07 Å². The second-order valence-electron chi connectivity index (χ2n) is 8.48. The van der Waals surface area contributed by atoms with Crippen LogP contribution in [0.15, 0.2) is 23.2 Å². The van der Waals surface area contributed by atoms with E-state index in [1.807, 2.05) is 6.92 Å². The Bertz CT molecular complexity index is 713. The summed E-state index contributed by atoms with van der Waals surface area (Å²) in [6.45, 7) is 15.5. The molecule has 2 atom stereocenters. The molecule has 1 fully saturated rings. The van der Waals surface area contributed by atoms with Crippen LogP contribution in [0.3, 0.4) is 0 Å². The number of aryl methyl sites for hydroxylation is 1. The molecule has 2 rings (SSSR count). The van der Waals surface area contributed by atoms with Crippen LogP contribution in [0.25, 0.3) is 0 Å². The minimum absolute atomic E-state index is 0.0851. The fourth-order valence-corrected chi connectivity index (χ4v) is 4.49. The Hall–Kier alpha value is -1.60. The summed E-state index contributed by atoms with van der Waals surface area (Å²) in [4.78, 5) is 17.8. The molecule has 7 heteroatoms. The molecule has 27 heavy (non-hydrogen) atoms. The number of hydrogen-bond acceptors (Lipinski definition) is 5. The van der Waals surface area contributed by atoms with E-state index >= 15 is 0 Å². The SMILES string of the molecule is Cc1cc([N+](=O)[O-])ccc1N=C1SCC(C(C)OC(C)(C)C)N1CC(C)C. The van der Waals surface area contributed by atoms with Gasteiger partial charge in [0.05, 0.1) is 28.4 Å². The molecule has 0 radical (unpaired) electrons. The van der Waals surface area contributed by atoms with E-state index in [2.05, 4.69) is 46.4 Å². The maximum Gasteiger partial charge on any atom is 0.269 e. The van der Waals surface area contributed by atoms with Gasteiger partial charge in [0.1, 0.15) is 0 Å². The molecule has 1 heterocycles. The lowest BCUT2D eigenvalue weighted by atomic mass is 10.1. The third-order valence-electron chi connectivity index (χ3n) is 4.28. The number of nitrogens with zero attached hydrogens (tertiary/aromatic N) is 3. The van der Waals surface area contributed by atoms with Crippen molar-refractivity contribution in [3.63, 3.8) is 0 Å². The minimum atomic E-state index is -0.374. The molecule has 6 nitrogen and oxygen atoms in total. The van der Waals surface area contributed by atoms with E-state index in [1.54, 1.807) is 23.9 Å². The molecule has 1 aliphatic heterocycles. The van der Waals surface area contributed by atoms with Gasteiger partial charge in [0.2, 0.25) is 0 Å². The summed E-state index contributed by atoms with van der Waals surface area (Å²) in [7, 11) is 0. The average molecular weight is 394 g/mol. The lowest BCUT2D eigenvalue weighted by Crippen LogP contribution is -2.46. The Morgan fingerprint density at radius 2 is 2.04 bits per heavy atom. The van der Waals surface area contributed by atoms with Crippen LogP contribution in [0.5, 0.6) is 0 Å². The Labute approximate surface area is 166 Å². The van der Waals surface area contributed by atoms with Crippen molar-refractivity contribution >= 4 is 28.3 Å². The molecule has 1 aliphatic rings. The van der Waals surface area contributed by atoms with Crippen molar-refractivity contribution < 1.29 is 9.66 Å². The van der Waals surface area contributed by atoms with Crippen molar-refractivity contribution in [2.45, 2.75) is 66.2 Å². The van der Waals surface area contributed by atoms with Gasteiger partial charge >= 0.3 is 0 Å². The van der Waals surface area contributed by atoms with E-state index < -0.39 is 0 Å². The predicted molar refractivity (Wildman–Crippen MR) is 113 cm³/mol. The van der Waals surface area contributed by atoms with Crippen molar-refractivity contribution in [1.29, 1.82) is 0 Å². The first-order valence-corrected chi connectivity index (χ1v) is 10.4. The Balaban J connectivity index is 2.29. The van der Waals surface area contributed by atoms with Gasteiger partial charge in [-0.2, -0.15) is 0 Å². The van der Waals surface area contributed by atoms with Gasteiger partial charge in [-0.05, 0) is 52.2 Å². The third-order valence-corrected chi connectivity index (χ3v) is 5.37. The van der Waals surface area contributed by atoms with Crippen LogP contribution in [-0.4, -0.2) is 45.0 Å². The Kier molecular flexibility index (Phi) is 6.92. The first-order chi connectivity index (χ1) is 12.5. The number of nitro benzene ring substituents is 1. The van der Waals surface area contributed by atoms with Gasteiger partial charge in [-0.3, -0.25) is 10.1 Å². The molecule has 2 unspecified atom stereocenters. The molecule has 0 aromatic heterocycles. The number of benzene rings is 1. The van der Waals surface area contributed by atoms with Crippen molar-refractivity contribution in [1.82, 2.24) is 4.90 Å². The topological polar surface area (TPSA) is 68.0 Å². The fourth-order valence-electron chi connectivity index (χ4n) is 3.18. The van der Waals surface area contributed by atoms with Crippen LogP contribution in [-0.2, 0) is 4.74 Å². The van der Waals surface area contributed by atoms with Crippen LogP contribution in [0.1, 0.15) is 47.1 Å². The van der Waals surface area contributed by atoms with Gasteiger partial charge < -0.3 is 9.64 Å². The second-order valence-corrected chi connectivity index (χ2v) is 9.47. The highest BCUT2D eigenvalue weighted by atomic mass is 32.2. The summed E-state index contributed by atoms with van der Waals surface area (Å²) in [6, 6.07) is 5.08. The van der Waals surface area contributed by atoms with Crippen LogP contribution >= 0.6 is 11.8 Å². The molecular weight excluding hydrogens is 362 g/mol.